The molecular formula is C11H18N4O2. The standard InChI is InChI=1S/C11H18N4O2/c1-2-15-7-10(6-13-15)14-11(16)5-9-8-17-4-3-12-9/h6-7,9,12H,2-5,8H2,1H3,(H,14,16). The zero-order valence-electron chi connectivity index (χ0n) is 9.98. The molecule has 0 saturated carbocycles. The van der Waals surface area contributed by atoms with E-state index in [1.165, 1.54) is 0 Å². The number of ether oxygens (including phenoxy) is 1. The van der Waals surface area contributed by atoms with Crippen LogP contribution in [0.15, 0.2) is 12.4 Å². The number of aromatic nitrogens is 2. The summed E-state index contributed by atoms with van der Waals surface area (Å²) in [5.74, 6) is -0.0105. The maximum absolute atomic E-state index is 11.7. The van der Waals surface area contributed by atoms with Crippen LogP contribution in [0.2, 0.25) is 0 Å². The van der Waals surface area contributed by atoms with Crippen molar-refractivity contribution >= 4 is 11.6 Å². The van der Waals surface area contributed by atoms with Gasteiger partial charge >= 0.3 is 0 Å². The summed E-state index contributed by atoms with van der Waals surface area (Å²) in [4.78, 5) is 11.7. The molecule has 6 heteroatoms. The normalized spacial score (nSPS) is 20.2. The first-order chi connectivity index (χ1) is 8.28. The maximum atomic E-state index is 11.7. The second kappa shape index (κ2) is 5.79. The van der Waals surface area contributed by atoms with Gasteiger partial charge in [0.2, 0.25) is 5.91 Å². The summed E-state index contributed by atoms with van der Waals surface area (Å²) in [7, 11) is 0. The van der Waals surface area contributed by atoms with E-state index in [0.717, 1.165) is 25.4 Å². The summed E-state index contributed by atoms with van der Waals surface area (Å²) >= 11 is 0. The van der Waals surface area contributed by atoms with Crippen molar-refractivity contribution in [3.05, 3.63) is 12.4 Å². The molecule has 0 spiro atoms. The van der Waals surface area contributed by atoms with E-state index in [1.54, 1.807) is 10.9 Å². The summed E-state index contributed by atoms with van der Waals surface area (Å²) in [5.41, 5.74) is 0.744. The largest absolute Gasteiger partial charge is 0.378 e. The second-order valence-electron chi connectivity index (χ2n) is 4.06. The topological polar surface area (TPSA) is 68.2 Å². The number of carbonyl (C=O) groups excluding carboxylic acids is 1. The molecule has 0 aliphatic carbocycles. The third-order valence-electron chi connectivity index (χ3n) is 2.67. The van der Waals surface area contributed by atoms with E-state index in [9.17, 15) is 4.79 Å². The summed E-state index contributed by atoms with van der Waals surface area (Å²) in [6.45, 7) is 4.94. The Morgan fingerprint density at radius 1 is 1.76 bits per heavy atom. The molecular weight excluding hydrogens is 220 g/mol. The number of morpholine rings is 1. The van der Waals surface area contributed by atoms with Crippen LogP contribution in [0.4, 0.5) is 5.69 Å². The zero-order chi connectivity index (χ0) is 12.1. The van der Waals surface area contributed by atoms with Crippen molar-refractivity contribution in [1.29, 1.82) is 0 Å². The highest BCUT2D eigenvalue weighted by Gasteiger charge is 2.17. The molecule has 6 nitrogen and oxygen atoms in total. The Morgan fingerprint density at radius 3 is 3.29 bits per heavy atom. The van der Waals surface area contributed by atoms with E-state index in [1.807, 2.05) is 13.1 Å². The van der Waals surface area contributed by atoms with Gasteiger partial charge in [0.15, 0.2) is 0 Å². The van der Waals surface area contributed by atoms with E-state index in [-0.39, 0.29) is 11.9 Å². The Morgan fingerprint density at radius 2 is 2.65 bits per heavy atom. The summed E-state index contributed by atoms with van der Waals surface area (Å²) in [5, 5.41) is 10.2. The molecule has 1 saturated heterocycles. The van der Waals surface area contributed by atoms with Crippen molar-refractivity contribution in [2.75, 3.05) is 25.1 Å². The fourth-order valence-electron chi connectivity index (χ4n) is 1.79. The minimum absolute atomic E-state index is 0.0105. The Kier molecular flexibility index (Phi) is 4.11. The lowest BCUT2D eigenvalue weighted by molar-refractivity contribution is -0.117. The molecule has 94 valence electrons. The van der Waals surface area contributed by atoms with Crippen LogP contribution in [0.1, 0.15) is 13.3 Å². The smallest absolute Gasteiger partial charge is 0.226 e. The van der Waals surface area contributed by atoms with E-state index in [0.29, 0.717) is 13.0 Å². The molecule has 1 aliphatic rings. The van der Waals surface area contributed by atoms with Gasteiger partial charge in [-0.2, -0.15) is 5.10 Å². The van der Waals surface area contributed by atoms with Crippen LogP contribution in [-0.2, 0) is 16.1 Å². The van der Waals surface area contributed by atoms with Crippen molar-refractivity contribution in [3.8, 4) is 0 Å². The number of anilines is 1. The highest BCUT2D eigenvalue weighted by atomic mass is 16.5. The molecule has 17 heavy (non-hydrogen) atoms. The van der Waals surface area contributed by atoms with Crippen LogP contribution in [0.3, 0.4) is 0 Å². The number of nitrogens with zero attached hydrogens (tertiary/aromatic N) is 2. The van der Waals surface area contributed by atoms with Crippen LogP contribution in [0, 0.1) is 0 Å². The molecule has 1 aromatic rings. The van der Waals surface area contributed by atoms with E-state index in [2.05, 4.69) is 15.7 Å². The van der Waals surface area contributed by atoms with Gasteiger partial charge < -0.3 is 15.4 Å². The first kappa shape index (κ1) is 12.1. The van der Waals surface area contributed by atoms with Crippen molar-refractivity contribution in [3.63, 3.8) is 0 Å². The fourth-order valence-corrected chi connectivity index (χ4v) is 1.79. The molecule has 1 aromatic heterocycles. The van der Waals surface area contributed by atoms with Crippen LogP contribution in [0.25, 0.3) is 0 Å². The third-order valence-corrected chi connectivity index (χ3v) is 2.67. The molecule has 2 N–H and O–H groups in total. The van der Waals surface area contributed by atoms with Gasteiger partial charge in [0.25, 0.3) is 0 Å². The first-order valence-electron chi connectivity index (χ1n) is 5.91. The molecule has 0 aromatic carbocycles. The van der Waals surface area contributed by atoms with E-state index < -0.39 is 0 Å². The zero-order valence-corrected chi connectivity index (χ0v) is 9.98. The van der Waals surface area contributed by atoms with Gasteiger partial charge in [0, 0.05) is 31.7 Å². The van der Waals surface area contributed by atoms with Gasteiger partial charge in [-0.1, -0.05) is 0 Å². The quantitative estimate of drug-likeness (QED) is 0.787. The predicted octanol–water partition coefficient (Wildman–Crippen LogP) is 0.220. The van der Waals surface area contributed by atoms with Crippen molar-refractivity contribution in [1.82, 2.24) is 15.1 Å². The number of amides is 1. The van der Waals surface area contributed by atoms with Gasteiger partial charge in [-0.15, -0.1) is 0 Å². The highest BCUT2D eigenvalue weighted by Crippen LogP contribution is 2.07. The number of nitrogens with one attached hydrogen (secondary N) is 2. The van der Waals surface area contributed by atoms with Gasteiger partial charge in [0.05, 0.1) is 25.1 Å². The van der Waals surface area contributed by atoms with Crippen LogP contribution < -0.4 is 10.6 Å². The van der Waals surface area contributed by atoms with E-state index >= 15 is 0 Å². The summed E-state index contributed by atoms with van der Waals surface area (Å²) < 4.78 is 7.07. The molecule has 1 atom stereocenters. The lowest BCUT2D eigenvalue weighted by atomic mass is 10.2. The van der Waals surface area contributed by atoms with E-state index in [4.69, 9.17) is 4.74 Å². The predicted molar refractivity (Wildman–Crippen MR) is 63.8 cm³/mol. The van der Waals surface area contributed by atoms with Crippen molar-refractivity contribution in [2.45, 2.75) is 25.9 Å². The van der Waals surface area contributed by atoms with Gasteiger partial charge in [-0.05, 0) is 6.92 Å². The van der Waals surface area contributed by atoms with Crippen molar-refractivity contribution < 1.29 is 9.53 Å². The third kappa shape index (κ3) is 3.54. The Balaban J connectivity index is 1.79. The van der Waals surface area contributed by atoms with Crippen LogP contribution >= 0.6 is 0 Å². The lowest BCUT2D eigenvalue weighted by Crippen LogP contribution is -2.43. The molecule has 1 aliphatic heterocycles. The number of hydrogen-bond donors (Lipinski definition) is 2. The van der Waals surface area contributed by atoms with Crippen LogP contribution in [-0.4, -0.2) is 41.5 Å². The Bertz CT molecular complexity index is 371. The summed E-state index contributed by atoms with van der Waals surface area (Å²) in [6, 6.07) is 0.116. The molecule has 0 radical (unpaired) electrons. The highest BCUT2D eigenvalue weighted by molar-refractivity contribution is 5.90. The van der Waals surface area contributed by atoms with Crippen LogP contribution in [0.5, 0.6) is 0 Å². The Labute approximate surface area is 100 Å². The number of carbonyl (C=O) groups is 1. The molecule has 2 heterocycles. The second-order valence-corrected chi connectivity index (χ2v) is 4.06. The lowest BCUT2D eigenvalue weighted by Gasteiger charge is -2.23. The number of aryl methyl sites for hydroxylation is 1. The van der Waals surface area contributed by atoms with Crippen molar-refractivity contribution in [2.24, 2.45) is 0 Å². The average molecular weight is 238 g/mol. The summed E-state index contributed by atoms with van der Waals surface area (Å²) in [6.07, 6.45) is 3.91. The first-order valence-corrected chi connectivity index (χ1v) is 5.91. The minimum Gasteiger partial charge on any atom is -0.378 e. The number of hydrogen-bond acceptors (Lipinski definition) is 4. The maximum Gasteiger partial charge on any atom is 0.226 e. The van der Waals surface area contributed by atoms with Gasteiger partial charge in [0.1, 0.15) is 0 Å². The molecule has 1 unspecified atom stereocenters. The average Bonchev–Trinajstić information content (AvgIpc) is 2.78. The monoisotopic (exact) mass is 238 g/mol. The Hall–Kier alpha value is -1.40. The molecule has 0 bridgehead atoms. The fraction of sp³-hybridized carbons (Fsp3) is 0.636. The number of rotatable bonds is 4. The van der Waals surface area contributed by atoms with Gasteiger partial charge in [-0.3, -0.25) is 9.48 Å². The van der Waals surface area contributed by atoms with Gasteiger partial charge in [-0.25, -0.2) is 0 Å². The minimum atomic E-state index is -0.0105. The molecule has 2 rings (SSSR count). The molecule has 1 amide bonds. The molecule has 1 fully saturated rings. The SMILES string of the molecule is CCn1cc(NC(=O)CC2COCCN2)cn1.